The maximum atomic E-state index is 14.2. The van der Waals surface area contributed by atoms with Crippen molar-refractivity contribution in [3.05, 3.63) is 55.6 Å². The van der Waals surface area contributed by atoms with Gasteiger partial charge in [0.2, 0.25) is 17.7 Å². The number of benzene rings is 1. The van der Waals surface area contributed by atoms with E-state index >= 15 is 0 Å². The minimum Gasteiger partial charge on any atom is -0.396 e. The lowest BCUT2D eigenvalue weighted by molar-refractivity contribution is -0.142. The lowest BCUT2D eigenvalue weighted by atomic mass is 9.70. The van der Waals surface area contributed by atoms with Crippen LogP contribution in [0.25, 0.3) is 0 Å². The second-order valence-electron chi connectivity index (χ2n) is 10.5. The second kappa shape index (κ2) is 12.5. The van der Waals surface area contributed by atoms with Crippen molar-refractivity contribution >= 4 is 35.2 Å². The summed E-state index contributed by atoms with van der Waals surface area (Å²) in [4.78, 5) is 47.7. The van der Waals surface area contributed by atoms with Gasteiger partial charge in [0, 0.05) is 43.7 Å². The van der Waals surface area contributed by atoms with Gasteiger partial charge in [0.05, 0.1) is 16.6 Å². The van der Waals surface area contributed by atoms with E-state index in [1.54, 1.807) is 33.7 Å². The number of nitrogens with zero attached hydrogens (tertiary/aromatic N) is 3. The third-order valence-electron chi connectivity index (χ3n) is 8.21. The molecule has 3 saturated heterocycles. The first-order valence-corrected chi connectivity index (χ1v) is 14.8. The molecular weight excluding hydrogens is 498 g/mol. The van der Waals surface area contributed by atoms with Crippen LogP contribution in [0, 0.1) is 11.8 Å². The lowest BCUT2D eigenvalue weighted by Gasteiger charge is -2.37. The van der Waals surface area contributed by atoms with Crippen LogP contribution in [-0.4, -0.2) is 81.5 Å². The Bertz CT molecular complexity index is 1030. The number of hydrogen-bond donors (Lipinski definition) is 1. The largest absolute Gasteiger partial charge is 0.396 e. The molecule has 206 valence electrons. The van der Waals surface area contributed by atoms with Crippen molar-refractivity contribution in [3.8, 4) is 0 Å². The molecule has 7 nitrogen and oxygen atoms in total. The molecule has 38 heavy (non-hydrogen) atoms. The number of carbonyl (C=O) groups excluding carboxylic acids is 3. The molecular formula is C30H41N3O4S. The summed E-state index contributed by atoms with van der Waals surface area (Å²) in [7, 11) is 0. The predicted molar refractivity (Wildman–Crippen MR) is 153 cm³/mol. The summed E-state index contributed by atoms with van der Waals surface area (Å²) in [5.41, 5.74) is 0.780. The molecule has 0 aliphatic carbocycles. The van der Waals surface area contributed by atoms with E-state index in [-0.39, 0.29) is 29.6 Å². The Hall–Kier alpha value is -2.58. The number of likely N-dealkylation sites (tertiary alicyclic amines) is 1. The molecule has 3 heterocycles. The molecule has 1 N–H and O–H groups in total. The third-order valence-corrected chi connectivity index (χ3v) is 10.2. The van der Waals surface area contributed by atoms with Crippen molar-refractivity contribution < 1.29 is 19.5 Å². The first-order valence-electron chi connectivity index (χ1n) is 13.9. The first kappa shape index (κ1) is 28.4. The van der Waals surface area contributed by atoms with Gasteiger partial charge in [0.1, 0.15) is 6.04 Å². The van der Waals surface area contributed by atoms with Gasteiger partial charge in [0.15, 0.2) is 0 Å². The molecule has 3 amide bonds. The van der Waals surface area contributed by atoms with Crippen LogP contribution in [0.2, 0.25) is 0 Å². The van der Waals surface area contributed by atoms with Crippen molar-refractivity contribution in [2.45, 2.75) is 61.5 Å². The number of aliphatic hydroxyl groups is 1. The minimum atomic E-state index is -0.634. The molecule has 1 spiro atoms. The Morgan fingerprint density at radius 2 is 1.87 bits per heavy atom. The number of hydrogen-bond acceptors (Lipinski definition) is 5. The zero-order valence-corrected chi connectivity index (χ0v) is 23.3. The van der Waals surface area contributed by atoms with Crippen molar-refractivity contribution in [3.63, 3.8) is 0 Å². The summed E-state index contributed by atoms with van der Waals surface area (Å²) in [5.74, 6) is -1.30. The fraction of sp³-hybridized carbons (Fsp3) is 0.567. The van der Waals surface area contributed by atoms with Crippen LogP contribution in [0.15, 0.2) is 55.6 Å². The van der Waals surface area contributed by atoms with Gasteiger partial charge < -0.3 is 19.8 Å². The Balaban J connectivity index is 1.70. The van der Waals surface area contributed by atoms with E-state index in [0.29, 0.717) is 32.6 Å². The van der Waals surface area contributed by atoms with Gasteiger partial charge in [-0.1, -0.05) is 50.1 Å². The molecule has 3 aliphatic heterocycles. The smallest absolute Gasteiger partial charge is 0.247 e. The topological polar surface area (TPSA) is 81.2 Å². The first-order chi connectivity index (χ1) is 18.4. The highest BCUT2D eigenvalue weighted by Gasteiger charge is 2.74. The van der Waals surface area contributed by atoms with Crippen LogP contribution in [-0.2, 0) is 14.4 Å². The average molecular weight is 540 g/mol. The summed E-state index contributed by atoms with van der Waals surface area (Å²) in [6.45, 7) is 11.5. The van der Waals surface area contributed by atoms with Crippen LogP contribution in [0.4, 0.5) is 5.69 Å². The fourth-order valence-electron chi connectivity index (χ4n) is 6.61. The molecule has 5 atom stereocenters. The highest BCUT2D eigenvalue weighted by Crippen LogP contribution is 2.66. The average Bonchev–Trinajstić information content (AvgIpc) is 3.57. The summed E-state index contributed by atoms with van der Waals surface area (Å²) in [6.07, 6.45) is 8.36. The number of carbonyl (C=O) groups is 3. The second-order valence-corrected chi connectivity index (χ2v) is 12.1. The van der Waals surface area contributed by atoms with Crippen molar-refractivity contribution in [1.82, 2.24) is 9.80 Å². The quantitative estimate of drug-likeness (QED) is 0.287. The van der Waals surface area contributed by atoms with E-state index in [2.05, 4.69) is 20.1 Å². The maximum Gasteiger partial charge on any atom is 0.247 e. The monoisotopic (exact) mass is 539 g/mol. The standard InChI is InChI=1S/C30H41N3O4S/c1-4-7-11-19-31(17-5-2)29(37)26-30-16-15-23(38-30)24(25(30)28(36)33(26)20-12-21-34)27(35)32(18-6-3)22-13-9-8-10-14-22/h5-6,8-10,13-14,23-26,34H,2-4,7,11-12,15-21H2,1H3/t23-,24+,25-,26?,30?/m0/s1. The van der Waals surface area contributed by atoms with Crippen LogP contribution in [0.3, 0.4) is 0 Å². The predicted octanol–water partition coefficient (Wildman–Crippen LogP) is 3.88. The summed E-state index contributed by atoms with van der Waals surface area (Å²) in [5, 5.41) is 9.58. The number of aliphatic hydroxyl groups excluding tert-OH is 1. The number of rotatable bonds is 14. The Morgan fingerprint density at radius 1 is 1.13 bits per heavy atom. The highest BCUT2D eigenvalue weighted by molar-refractivity contribution is 8.02. The van der Waals surface area contributed by atoms with E-state index in [0.717, 1.165) is 37.8 Å². The van der Waals surface area contributed by atoms with Gasteiger partial charge in [-0.3, -0.25) is 14.4 Å². The molecule has 3 fully saturated rings. The Kier molecular flexibility index (Phi) is 9.36. The zero-order valence-electron chi connectivity index (χ0n) is 22.5. The molecule has 0 saturated carbocycles. The Labute approximate surface area is 230 Å². The number of unbranched alkanes of at least 4 members (excludes halogenated alkanes) is 2. The maximum absolute atomic E-state index is 14.2. The summed E-state index contributed by atoms with van der Waals surface area (Å²) < 4.78 is -0.630. The zero-order chi connectivity index (χ0) is 27.3. The number of thioether (sulfide) groups is 1. The van der Waals surface area contributed by atoms with Gasteiger partial charge in [-0.05, 0) is 37.8 Å². The lowest BCUT2D eigenvalue weighted by Crippen LogP contribution is -2.55. The van der Waals surface area contributed by atoms with Gasteiger partial charge in [-0.15, -0.1) is 24.9 Å². The van der Waals surface area contributed by atoms with Crippen molar-refractivity contribution in [1.29, 1.82) is 0 Å². The molecule has 2 bridgehead atoms. The molecule has 0 aromatic heterocycles. The van der Waals surface area contributed by atoms with Crippen LogP contribution >= 0.6 is 11.8 Å². The third kappa shape index (κ3) is 5.05. The number of fused-ring (bicyclic) bond motifs is 1. The van der Waals surface area contributed by atoms with Gasteiger partial charge >= 0.3 is 0 Å². The molecule has 1 aromatic rings. The normalized spacial score (nSPS) is 27.3. The summed E-state index contributed by atoms with van der Waals surface area (Å²) in [6, 6.07) is 8.87. The number of para-hydroxylation sites is 1. The number of amides is 3. The fourth-order valence-corrected chi connectivity index (χ4v) is 8.81. The minimum absolute atomic E-state index is 0.00397. The molecule has 4 rings (SSSR count). The van der Waals surface area contributed by atoms with Gasteiger partial charge in [-0.2, -0.15) is 0 Å². The van der Waals surface area contributed by atoms with Crippen molar-refractivity contribution in [2.24, 2.45) is 11.8 Å². The molecule has 1 aromatic carbocycles. The van der Waals surface area contributed by atoms with Crippen LogP contribution in [0.1, 0.15) is 45.4 Å². The number of anilines is 1. The van der Waals surface area contributed by atoms with E-state index in [4.69, 9.17) is 0 Å². The van der Waals surface area contributed by atoms with E-state index < -0.39 is 22.6 Å². The van der Waals surface area contributed by atoms with Crippen LogP contribution in [0.5, 0.6) is 0 Å². The van der Waals surface area contributed by atoms with E-state index in [9.17, 15) is 19.5 Å². The molecule has 8 heteroatoms. The molecule has 0 radical (unpaired) electrons. The summed E-state index contributed by atoms with van der Waals surface area (Å²) >= 11 is 1.69. The van der Waals surface area contributed by atoms with Gasteiger partial charge in [-0.25, -0.2) is 0 Å². The molecule has 3 aliphatic rings. The van der Waals surface area contributed by atoms with Crippen molar-refractivity contribution in [2.75, 3.05) is 37.7 Å². The van der Waals surface area contributed by atoms with Crippen LogP contribution < -0.4 is 4.90 Å². The highest BCUT2D eigenvalue weighted by atomic mass is 32.2. The van der Waals surface area contributed by atoms with E-state index in [1.165, 1.54) is 0 Å². The molecule has 2 unspecified atom stereocenters. The Morgan fingerprint density at radius 3 is 2.53 bits per heavy atom. The van der Waals surface area contributed by atoms with Gasteiger partial charge in [0.25, 0.3) is 0 Å². The SMILES string of the molecule is C=CCN(CCCCC)C(=O)C1N(CCCO)C(=O)[C@@H]2[C@H](C(=O)N(CC=C)c3ccccc3)[C@@H]3CCC12S3. The van der Waals surface area contributed by atoms with E-state index in [1.807, 2.05) is 35.2 Å².